The normalized spacial score (nSPS) is 18.8. The number of ketones is 1. The number of benzene rings is 1. The average Bonchev–Trinajstić information content (AvgIpc) is 3.39. The Morgan fingerprint density at radius 1 is 1.14 bits per heavy atom. The van der Waals surface area contributed by atoms with Gasteiger partial charge in [0.15, 0.2) is 0 Å². The first-order chi connectivity index (χ1) is 13.5. The predicted octanol–water partition coefficient (Wildman–Crippen LogP) is 4.57. The number of carbonyl (C=O) groups is 2. The fourth-order valence-electron chi connectivity index (χ4n) is 3.27. The number of halogens is 1. The standard InChI is InChI=1S/C21H16BrNO5/c1-12-4-9-16(28-12)18-17(19(24)13-5-7-14(22)8-6-13)20(25)21(26)23(18)11-15-3-2-10-27-15/h2-10,18,24H,11H2,1H3/t18-/m0/s1. The van der Waals surface area contributed by atoms with Gasteiger partial charge in [-0.1, -0.05) is 28.1 Å². The second-order valence-electron chi connectivity index (χ2n) is 6.46. The molecule has 142 valence electrons. The van der Waals surface area contributed by atoms with Crippen molar-refractivity contribution in [2.75, 3.05) is 0 Å². The first kappa shape index (κ1) is 18.3. The van der Waals surface area contributed by atoms with Crippen LogP contribution in [0.25, 0.3) is 5.76 Å². The minimum Gasteiger partial charge on any atom is -0.507 e. The van der Waals surface area contributed by atoms with Crippen molar-refractivity contribution in [3.05, 3.63) is 87.7 Å². The van der Waals surface area contributed by atoms with Gasteiger partial charge in [-0.05, 0) is 43.3 Å². The van der Waals surface area contributed by atoms with Gasteiger partial charge < -0.3 is 18.8 Å². The molecule has 6 nitrogen and oxygen atoms in total. The highest BCUT2D eigenvalue weighted by molar-refractivity contribution is 9.10. The number of carbonyl (C=O) groups excluding carboxylic acids is 2. The van der Waals surface area contributed by atoms with Gasteiger partial charge in [0, 0.05) is 10.0 Å². The quantitative estimate of drug-likeness (QED) is 0.364. The third kappa shape index (κ3) is 3.18. The number of Topliss-reactive ketones (excluding diaryl/α,β-unsaturated/α-hetero) is 1. The van der Waals surface area contributed by atoms with Gasteiger partial charge in [0.1, 0.15) is 29.1 Å². The number of furan rings is 2. The lowest BCUT2D eigenvalue weighted by Crippen LogP contribution is -2.28. The third-order valence-corrected chi connectivity index (χ3v) is 5.12. The van der Waals surface area contributed by atoms with Gasteiger partial charge in [-0.25, -0.2) is 0 Å². The zero-order valence-corrected chi connectivity index (χ0v) is 16.5. The monoisotopic (exact) mass is 441 g/mol. The summed E-state index contributed by atoms with van der Waals surface area (Å²) in [5.74, 6) is -0.144. The molecule has 3 heterocycles. The van der Waals surface area contributed by atoms with E-state index in [1.165, 1.54) is 11.2 Å². The van der Waals surface area contributed by atoms with Crippen molar-refractivity contribution in [2.45, 2.75) is 19.5 Å². The van der Waals surface area contributed by atoms with Crippen molar-refractivity contribution < 1.29 is 23.5 Å². The largest absolute Gasteiger partial charge is 0.507 e. The van der Waals surface area contributed by atoms with Gasteiger partial charge in [-0.3, -0.25) is 9.59 Å². The van der Waals surface area contributed by atoms with Crippen LogP contribution in [0, 0.1) is 6.92 Å². The van der Waals surface area contributed by atoms with Crippen LogP contribution in [-0.4, -0.2) is 21.7 Å². The van der Waals surface area contributed by atoms with E-state index in [9.17, 15) is 14.7 Å². The number of hydrogen-bond acceptors (Lipinski definition) is 5. The number of rotatable bonds is 4. The molecule has 1 fully saturated rings. The maximum atomic E-state index is 12.8. The van der Waals surface area contributed by atoms with Crippen LogP contribution >= 0.6 is 15.9 Å². The van der Waals surface area contributed by atoms with Crippen molar-refractivity contribution in [2.24, 2.45) is 0 Å². The molecule has 0 aliphatic carbocycles. The zero-order valence-electron chi connectivity index (χ0n) is 14.9. The molecule has 0 bridgehead atoms. The summed E-state index contributed by atoms with van der Waals surface area (Å²) in [6.45, 7) is 1.86. The molecule has 1 aliphatic rings. The molecule has 7 heteroatoms. The third-order valence-electron chi connectivity index (χ3n) is 4.59. The van der Waals surface area contributed by atoms with E-state index >= 15 is 0 Å². The number of nitrogens with zero attached hydrogens (tertiary/aromatic N) is 1. The Kier molecular flexibility index (Phi) is 4.68. The van der Waals surface area contributed by atoms with E-state index in [1.807, 2.05) is 0 Å². The van der Waals surface area contributed by atoms with Crippen LogP contribution in [0.3, 0.4) is 0 Å². The van der Waals surface area contributed by atoms with Crippen molar-refractivity contribution in [3.8, 4) is 0 Å². The SMILES string of the molecule is Cc1ccc([C@H]2C(=C(O)c3ccc(Br)cc3)C(=O)C(=O)N2Cc2ccco2)o1. The number of hydrogen-bond donors (Lipinski definition) is 1. The minimum atomic E-state index is -0.845. The van der Waals surface area contributed by atoms with Gasteiger partial charge in [-0.2, -0.15) is 0 Å². The van der Waals surface area contributed by atoms with E-state index in [-0.39, 0.29) is 17.9 Å². The molecule has 4 rings (SSSR count). The summed E-state index contributed by atoms with van der Waals surface area (Å²) < 4.78 is 11.9. The number of likely N-dealkylation sites (tertiary alicyclic amines) is 1. The number of amides is 1. The van der Waals surface area contributed by atoms with Crippen LogP contribution in [0.2, 0.25) is 0 Å². The summed E-state index contributed by atoms with van der Waals surface area (Å²) in [5, 5.41) is 10.9. The molecule has 1 aliphatic heterocycles. The van der Waals surface area contributed by atoms with Crippen molar-refractivity contribution in [1.82, 2.24) is 4.90 Å². The summed E-state index contributed by atoms with van der Waals surface area (Å²) in [6, 6.07) is 12.9. The van der Waals surface area contributed by atoms with E-state index in [1.54, 1.807) is 55.5 Å². The summed E-state index contributed by atoms with van der Waals surface area (Å²) >= 11 is 3.34. The number of aryl methyl sites for hydroxylation is 1. The number of aliphatic hydroxyl groups is 1. The topological polar surface area (TPSA) is 83.9 Å². The molecule has 1 N–H and O–H groups in total. The fourth-order valence-corrected chi connectivity index (χ4v) is 3.54. The fraction of sp³-hybridized carbons (Fsp3) is 0.143. The van der Waals surface area contributed by atoms with E-state index in [0.29, 0.717) is 22.8 Å². The molecular weight excluding hydrogens is 426 g/mol. The Balaban J connectivity index is 1.85. The van der Waals surface area contributed by atoms with E-state index in [0.717, 1.165) is 4.47 Å². The molecule has 0 spiro atoms. The molecule has 1 atom stereocenters. The zero-order chi connectivity index (χ0) is 19.8. The lowest BCUT2D eigenvalue weighted by Gasteiger charge is -2.22. The van der Waals surface area contributed by atoms with Crippen LogP contribution in [0.4, 0.5) is 0 Å². The maximum absolute atomic E-state index is 12.8. The van der Waals surface area contributed by atoms with Gasteiger partial charge in [-0.15, -0.1) is 0 Å². The molecule has 1 saturated heterocycles. The van der Waals surface area contributed by atoms with Crippen molar-refractivity contribution in [1.29, 1.82) is 0 Å². The smallest absolute Gasteiger partial charge is 0.296 e. The van der Waals surface area contributed by atoms with Gasteiger partial charge >= 0.3 is 0 Å². The van der Waals surface area contributed by atoms with Gasteiger partial charge in [0.25, 0.3) is 11.7 Å². The summed E-state index contributed by atoms with van der Waals surface area (Å²) in [5.41, 5.74) is 0.431. The second kappa shape index (κ2) is 7.16. The van der Waals surface area contributed by atoms with Crippen LogP contribution in [-0.2, 0) is 16.1 Å². The molecule has 1 aromatic carbocycles. The molecule has 28 heavy (non-hydrogen) atoms. The molecule has 0 saturated carbocycles. The van der Waals surface area contributed by atoms with Crippen LogP contribution in [0.1, 0.15) is 28.9 Å². The van der Waals surface area contributed by atoms with E-state index < -0.39 is 17.7 Å². The second-order valence-corrected chi connectivity index (χ2v) is 7.38. The van der Waals surface area contributed by atoms with Crippen molar-refractivity contribution in [3.63, 3.8) is 0 Å². The predicted molar refractivity (Wildman–Crippen MR) is 104 cm³/mol. The highest BCUT2D eigenvalue weighted by Crippen LogP contribution is 2.40. The molecule has 1 amide bonds. The Morgan fingerprint density at radius 2 is 1.89 bits per heavy atom. The van der Waals surface area contributed by atoms with Crippen LogP contribution in [0.15, 0.2) is 73.7 Å². The average molecular weight is 442 g/mol. The molecular formula is C21H16BrNO5. The summed E-state index contributed by atoms with van der Waals surface area (Å²) in [7, 11) is 0. The summed E-state index contributed by atoms with van der Waals surface area (Å²) in [4.78, 5) is 26.9. The minimum absolute atomic E-state index is 0.00627. The van der Waals surface area contributed by atoms with Crippen LogP contribution in [0.5, 0.6) is 0 Å². The first-order valence-electron chi connectivity index (χ1n) is 8.59. The highest BCUT2D eigenvalue weighted by Gasteiger charge is 2.47. The first-order valence-corrected chi connectivity index (χ1v) is 9.38. The number of aliphatic hydroxyl groups excluding tert-OH is 1. The Morgan fingerprint density at radius 3 is 2.50 bits per heavy atom. The lowest BCUT2D eigenvalue weighted by molar-refractivity contribution is -0.140. The van der Waals surface area contributed by atoms with Crippen molar-refractivity contribution >= 4 is 33.4 Å². The van der Waals surface area contributed by atoms with E-state index in [2.05, 4.69) is 15.9 Å². The maximum Gasteiger partial charge on any atom is 0.296 e. The molecule has 0 radical (unpaired) electrons. The molecule has 0 unspecified atom stereocenters. The highest BCUT2D eigenvalue weighted by atomic mass is 79.9. The Hall–Kier alpha value is -3.06. The van der Waals surface area contributed by atoms with E-state index in [4.69, 9.17) is 8.83 Å². The Bertz CT molecular complexity index is 1060. The van der Waals surface area contributed by atoms with Gasteiger partial charge in [0.2, 0.25) is 0 Å². The van der Waals surface area contributed by atoms with Crippen LogP contribution < -0.4 is 0 Å². The Labute approximate surface area is 169 Å². The van der Waals surface area contributed by atoms with Gasteiger partial charge in [0.05, 0.1) is 18.4 Å². The lowest BCUT2D eigenvalue weighted by atomic mass is 9.99. The molecule has 2 aromatic heterocycles. The molecule has 3 aromatic rings. The summed E-state index contributed by atoms with van der Waals surface area (Å²) in [6.07, 6.45) is 1.50.